The molecule has 3 nitrogen and oxygen atoms in total. The Labute approximate surface area is 71.3 Å². The fraction of sp³-hybridized carbons (Fsp3) is 0.857. The predicted molar refractivity (Wildman–Crippen MR) is 42.5 cm³/mol. The molecular weight excluding hydrogens is 166 g/mol. The Kier molecular flexibility index (Phi) is 2.40. The molecule has 1 fully saturated rings. The summed E-state index contributed by atoms with van der Waals surface area (Å²) >= 11 is 5.41. The monoisotopic (exact) mass is 177 g/mol. The standard InChI is InChI=1S/C7H12ClNO2/c1-7(2)4-11-5-9(7)6(10)3-8/h3-5H2,1-2H3. The topological polar surface area (TPSA) is 29.5 Å². The first kappa shape index (κ1) is 8.81. The first-order chi connectivity index (χ1) is 5.08. The van der Waals surface area contributed by atoms with Crippen molar-refractivity contribution in [3.63, 3.8) is 0 Å². The van der Waals surface area contributed by atoms with Crippen molar-refractivity contribution in [3.8, 4) is 0 Å². The van der Waals surface area contributed by atoms with Crippen LogP contribution < -0.4 is 0 Å². The highest BCUT2D eigenvalue weighted by atomic mass is 35.5. The molecule has 0 N–H and O–H groups in total. The predicted octanol–water partition coefficient (Wildman–Crippen LogP) is 0.820. The first-order valence-corrected chi connectivity index (χ1v) is 4.05. The molecule has 0 aromatic heterocycles. The maximum atomic E-state index is 11.1. The summed E-state index contributed by atoms with van der Waals surface area (Å²) in [4.78, 5) is 12.8. The van der Waals surface area contributed by atoms with Gasteiger partial charge in [-0.1, -0.05) is 0 Å². The highest BCUT2D eigenvalue weighted by Gasteiger charge is 2.35. The molecule has 11 heavy (non-hydrogen) atoms. The number of ether oxygens (including phenoxy) is 1. The summed E-state index contributed by atoms with van der Waals surface area (Å²) in [6.07, 6.45) is 0. The van der Waals surface area contributed by atoms with Crippen LogP contribution in [0, 0.1) is 0 Å². The van der Waals surface area contributed by atoms with Crippen LogP contribution in [0.4, 0.5) is 0 Å². The third-order valence-corrected chi connectivity index (χ3v) is 2.05. The molecule has 0 saturated carbocycles. The number of nitrogens with zero attached hydrogens (tertiary/aromatic N) is 1. The Balaban J connectivity index is 2.64. The Morgan fingerprint density at radius 3 is 2.73 bits per heavy atom. The molecule has 0 aromatic rings. The van der Waals surface area contributed by atoms with Gasteiger partial charge in [-0.2, -0.15) is 0 Å². The van der Waals surface area contributed by atoms with Gasteiger partial charge in [0.05, 0.1) is 12.1 Å². The zero-order valence-electron chi connectivity index (χ0n) is 6.76. The van der Waals surface area contributed by atoms with Crippen LogP contribution in [-0.4, -0.2) is 35.6 Å². The number of hydrogen-bond donors (Lipinski definition) is 0. The van der Waals surface area contributed by atoms with Gasteiger partial charge in [0.25, 0.3) is 0 Å². The molecule has 1 aliphatic rings. The second-order valence-electron chi connectivity index (χ2n) is 3.25. The molecule has 1 rings (SSSR count). The molecule has 1 saturated heterocycles. The smallest absolute Gasteiger partial charge is 0.239 e. The van der Waals surface area contributed by atoms with Crippen LogP contribution >= 0.6 is 11.6 Å². The van der Waals surface area contributed by atoms with E-state index in [4.69, 9.17) is 16.3 Å². The molecule has 1 aliphatic heterocycles. The van der Waals surface area contributed by atoms with Gasteiger partial charge in [-0.3, -0.25) is 4.79 Å². The van der Waals surface area contributed by atoms with Crippen molar-refractivity contribution in [2.45, 2.75) is 19.4 Å². The van der Waals surface area contributed by atoms with Crippen LogP contribution in [0.15, 0.2) is 0 Å². The third-order valence-electron chi connectivity index (χ3n) is 1.82. The van der Waals surface area contributed by atoms with Crippen molar-refractivity contribution in [2.24, 2.45) is 0 Å². The Morgan fingerprint density at radius 2 is 2.36 bits per heavy atom. The summed E-state index contributed by atoms with van der Waals surface area (Å²) in [6.45, 7) is 4.89. The van der Waals surface area contributed by atoms with Crippen LogP contribution in [0.5, 0.6) is 0 Å². The van der Waals surface area contributed by atoms with E-state index < -0.39 is 0 Å². The van der Waals surface area contributed by atoms with E-state index in [-0.39, 0.29) is 17.3 Å². The number of halogens is 1. The van der Waals surface area contributed by atoms with E-state index in [0.717, 1.165) is 0 Å². The SMILES string of the molecule is CC1(C)COCN1C(=O)CCl. The number of carbonyl (C=O) groups is 1. The van der Waals surface area contributed by atoms with E-state index in [0.29, 0.717) is 13.3 Å². The Hall–Kier alpha value is -0.280. The molecule has 0 spiro atoms. The van der Waals surface area contributed by atoms with Gasteiger partial charge in [-0.15, -0.1) is 11.6 Å². The van der Waals surface area contributed by atoms with Gasteiger partial charge in [0.15, 0.2) is 0 Å². The molecule has 0 radical (unpaired) electrons. The fourth-order valence-electron chi connectivity index (χ4n) is 1.12. The van der Waals surface area contributed by atoms with Gasteiger partial charge in [-0.25, -0.2) is 0 Å². The Morgan fingerprint density at radius 1 is 1.73 bits per heavy atom. The van der Waals surface area contributed by atoms with E-state index in [9.17, 15) is 4.79 Å². The maximum Gasteiger partial charge on any atom is 0.239 e. The molecule has 0 aromatic carbocycles. The molecule has 1 heterocycles. The van der Waals surface area contributed by atoms with Gasteiger partial charge in [-0.05, 0) is 13.8 Å². The van der Waals surface area contributed by atoms with Crippen molar-refractivity contribution in [2.75, 3.05) is 19.2 Å². The van der Waals surface area contributed by atoms with Gasteiger partial charge in [0.2, 0.25) is 5.91 Å². The van der Waals surface area contributed by atoms with E-state index in [2.05, 4.69) is 0 Å². The molecular formula is C7H12ClNO2. The minimum atomic E-state index is -0.189. The van der Waals surface area contributed by atoms with Crippen molar-refractivity contribution in [1.29, 1.82) is 0 Å². The third kappa shape index (κ3) is 1.65. The Bertz CT molecular complexity index is 170. The van der Waals surface area contributed by atoms with Crippen LogP contribution in [0.2, 0.25) is 0 Å². The van der Waals surface area contributed by atoms with Crippen LogP contribution in [0.1, 0.15) is 13.8 Å². The van der Waals surface area contributed by atoms with E-state index in [1.165, 1.54) is 0 Å². The normalized spacial score (nSPS) is 22.3. The summed E-state index contributed by atoms with van der Waals surface area (Å²) in [5.41, 5.74) is -0.189. The zero-order chi connectivity index (χ0) is 8.48. The number of hydrogen-bond acceptors (Lipinski definition) is 2. The number of amides is 1. The van der Waals surface area contributed by atoms with Gasteiger partial charge < -0.3 is 9.64 Å². The quantitative estimate of drug-likeness (QED) is 0.555. The van der Waals surface area contributed by atoms with Crippen molar-refractivity contribution >= 4 is 17.5 Å². The fourth-order valence-corrected chi connectivity index (χ4v) is 1.27. The number of rotatable bonds is 1. The summed E-state index contributed by atoms with van der Waals surface area (Å²) in [6, 6.07) is 0. The highest BCUT2D eigenvalue weighted by molar-refractivity contribution is 6.27. The van der Waals surface area contributed by atoms with Gasteiger partial charge in [0, 0.05) is 0 Å². The molecule has 64 valence electrons. The molecule has 0 unspecified atom stereocenters. The van der Waals surface area contributed by atoms with E-state index in [1.54, 1.807) is 4.90 Å². The largest absolute Gasteiger partial charge is 0.359 e. The summed E-state index contributed by atoms with van der Waals surface area (Å²) < 4.78 is 5.14. The van der Waals surface area contributed by atoms with E-state index in [1.807, 2.05) is 13.8 Å². The van der Waals surface area contributed by atoms with Crippen molar-refractivity contribution < 1.29 is 9.53 Å². The lowest BCUT2D eigenvalue weighted by Gasteiger charge is -2.28. The lowest BCUT2D eigenvalue weighted by atomic mass is 10.1. The molecule has 0 atom stereocenters. The zero-order valence-corrected chi connectivity index (χ0v) is 7.52. The average Bonchev–Trinajstić information content (AvgIpc) is 2.28. The lowest BCUT2D eigenvalue weighted by Crippen LogP contribution is -2.44. The second kappa shape index (κ2) is 2.99. The highest BCUT2D eigenvalue weighted by Crippen LogP contribution is 2.21. The molecule has 0 aliphatic carbocycles. The number of alkyl halides is 1. The van der Waals surface area contributed by atoms with Gasteiger partial charge in [0.1, 0.15) is 12.6 Å². The minimum Gasteiger partial charge on any atom is -0.359 e. The lowest BCUT2D eigenvalue weighted by molar-refractivity contribution is -0.132. The summed E-state index contributed by atoms with van der Waals surface area (Å²) in [5.74, 6) is -0.0264. The average molecular weight is 178 g/mol. The maximum absolute atomic E-state index is 11.1. The minimum absolute atomic E-state index is 0.0345. The van der Waals surface area contributed by atoms with Crippen molar-refractivity contribution in [3.05, 3.63) is 0 Å². The van der Waals surface area contributed by atoms with E-state index >= 15 is 0 Å². The van der Waals surface area contributed by atoms with Crippen LogP contribution in [0.3, 0.4) is 0 Å². The molecule has 4 heteroatoms. The first-order valence-electron chi connectivity index (χ1n) is 3.52. The van der Waals surface area contributed by atoms with Crippen molar-refractivity contribution in [1.82, 2.24) is 4.90 Å². The van der Waals surface area contributed by atoms with Gasteiger partial charge >= 0.3 is 0 Å². The van der Waals surface area contributed by atoms with Crippen LogP contribution in [0.25, 0.3) is 0 Å². The van der Waals surface area contributed by atoms with Crippen LogP contribution in [-0.2, 0) is 9.53 Å². The molecule has 1 amide bonds. The number of carbonyl (C=O) groups excluding carboxylic acids is 1. The molecule has 0 bridgehead atoms. The summed E-state index contributed by atoms with van der Waals surface area (Å²) in [7, 11) is 0. The second-order valence-corrected chi connectivity index (χ2v) is 3.51. The summed E-state index contributed by atoms with van der Waals surface area (Å²) in [5, 5.41) is 0.